The van der Waals surface area contributed by atoms with E-state index in [0.29, 0.717) is 11.3 Å². The van der Waals surface area contributed by atoms with Crippen molar-refractivity contribution in [2.75, 3.05) is 7.11 Å². The number of nitrogens with zero attached hydrogens (tertiary/aromatic N) is 1. The van der Waals surface area contributed by atoms with Gasteiger partial charge in [-0.05, 0) is 18.6 Å². The van der Waals surface area contributed by atoms with E-state index < -0.39 is 0 Å². The first kappa shape index (κ1) is 10.7. The molecule has 0 unspecified atom stereocenters. The van der Waals surface area contributed by atoms with Crippen LogP contribution < -0.4 is 4.74 Å². The van der Waals surface area contributed by atoms with Crippen molar-refractivity contribution in [1.29, 1.82) is 5.26 Å². The molecule has 1 aromatic rings. The number of hydrogen-bond acceptors (Lipinski definition) is 3. The molecule has 0 saturated carbocycles. The Morgan fingerprint density at radius 2 is 2.29 bits per heavy atom. The summed E-state index contributed by atoms with van der Waals surface area (Å²) >= 11 is 5.86. The van der Waals surface area contributed by atoms with Crippen molar-refractivity contribution in [3.63, 3.8) is 0 Å². The van der Waals surface area contributed by atoms with Crippen LogP contribution >= 0.6 is 11.6 Å². The molecule has 0 radical (unpaired) electrons. The number of rotatable bonds is 2. The predicted octanol–water partition coefficient (Wildman–Crippen LogP) is 2.43. The molecule has 3 nitrogen and oxygen atoms in total. The van der Waals surface area contributed by atoms with Crippen LogP contribution in [0.5, 0.6) is 11.5 Å². The number of phenols is 1. The van der Waals surface area contributed by atoms with Crippen LogP contribution in [0, 0.1) is 18.3 Å². The Hall–Kier alpha value is -1.40. The zero-order chi connectivity index (χ0) is 10.7. The number of aromatic hydroxyl groups is 1. The molecule has 0 aliphatic heterocycles. The fraction of sp³-hybridized carbons (Fsp3) is 0.300. The highest BCUT2D eigenvalue weighted by Crippen LogP contribution is 2.38. The molecule has 0 fully saturated rings. The quantitative estimate of drug-likeness (QED) is 0.818. The topological polar surface area (TPSA) is 53.2 Å². The average molecular weight is 212 g/mol. The summed E-state index contributed by atoms with van der Waals surface area (Å²) in [6.07, 6.45) is 0.135. The number of nitriles is 1. The Balaban J connectivity index is 3.34. The number of methoxy groups -OCH3 is 1. The number of ether oxygens (including phenoxy) is 1. The first-order valence-electron chi connectivity index (χ1n) is 4.03. The van der Waals surface area contributed by atoms with Gasteiger partial charge in [-0.25, -0.2) is 0 Å². The van der Waals surface area contributed by atoms with Gasteiger partial charge < -0.3 is 9.84 Å². The second kappa shape index (κ2) is 4.21. The van der Waals surface area contributed by atoms with Crippen LogP contribution in [-0.4, -0.2) is 12.2 Å². The van der Waals surface area contributed by atoms with Crippen LogP contribution in [0.3, 0.4) is 0 Å². The number of benzene rings is 1. The Morgan fingerprint density at radius 3 is 2.79 bits per heavy atom. The Kier molecular flexibility index (Phi) is 3.21. The first-order chi connectivity index (χ1) is 6.61. The van der Waals surface area contributed by atoms with Gasteiger partial charge in [0.1, 0.15) is 16.5 Å². The molecule has 14 heavy (non-hydrogen) atoms. The fourth-order valence-electron chi connectivity index (χ4n) is 1.29. The minimum absolute atomic E-state index is 0.0735. The van der Waals surface area contributed by atoms with E-state index in [0.717, 1.165) is 5.56 Å². The maximum absolute atomic E-state index is 9.60. The maximum atomic E-state index is 9.60. The van der Waals surface area contributed by atoms with E-state index in [1.54, 1.807) is 6.07 Å². The zero-order valence-corrected chi connectivity index (χ0v) is 8.72. The largest absolute Gasteiger partial charge is 0.506 e. The molecule has 0 bridgehead atoms. The second-order valence-corrected chi connectivity index (χ2v) is 3.26. The molecule has 0 heterocycles. The predicted molar refractivity (Wildman–Crippen MR) is 53.7 cm³/mol. The van der Waals surface area contributed by atoms with Crippen LogP contribution in [-0.2, 0) is 6.42 Å². The van der Waals surface area contributed by atoms with Gasteiger partial charge in [0.2, 0.25) is 0 Å². The summed E-state index contributed by atoms with van der Waals surface area (Å²) in [6, 6.07) is 3.65. The normalized spacial score (nSPS) is 9.57. The van der Waals surface area contributed by atoms with Gasteiger partial charge in [-0.2, -0.15) is 5.26 Å². The minimum Gasteiger partial charge on any atom is -0.506 e. The van der Waals surface area contributed by atoms with Gasteiger partial charge in [-0.3, -0.25) is 0 Å². The standard InChI is InChI=1S/C10H10ClNO2/c1-6-5-7(3-4-12)9(13)8(11)10(6)14-2/h5,13H,3H2,1-2H3. The lowest BCUT2D eigenvalue weighted by molar-refractivity contribution is 0.404. The molecule has 0 atom stereocenters. The smallest absolute Gasteiger partial charge is 0.144 e. The fourth-order valence-corrected chi connectivity index (χ4v) is 1.63. The van der Waals surface area contributed by atoms with E-state index in [9.17, 15) is 5.11 Å². The Morgan fingerprint density at radius 1 is 1.64 bits per heavy atom. The van der Waals surface area contributed by atoms with E-state index >= 15 is 0 Å². The van der Waals surface area contributed by atoms with Crippen molar-refractivity contribution in [2.45, 2.75) is 13.3 Å². The van der Waals surface area contributed by atoms with Crippen LogP contribution in [0.2, 0.25) is 5.02 Å². The SMILES string of the molecule is COc1c(C)cc(CC#N)c(O)c1Cl. The van der Waals surface area contributed by atoms with E-state index in [1.165, 1.54) is 7.11 Å². The van der Waals surface area contributed by atoms with Crippen molar-refractivity contribution in [1.82, 2.24) is 0 Å². The highest BCUT2D eigenvalue weighted by Gasteiger charge is 2.14. The monoisotopic (exact) mass is 211 g/mol. The molecule has 0 amide bonds. The molecule has 0 aromatic heterocycles. The summed E-state index contributed by atoms with van der Waals surface area (Å²) in [5.74, 6) is 0.376. The number of aryl methyl sites for hydroxylation is 1. The molecule has 74 valence electrons. The number of hydrogen-bond donors (Lipinski definition) is 1. The van der Waals surface area contributed by atoms with Crippen molar-refractivity contribution in [3.8, 4) is 17.6 Å². The van der Waals surface area contributed by atoms with Crippen LogP contribution in [0.1, 0.15) is 11.1 Å². The van der Waals surface area contributed by atoms with Gasteiger partial charge >= 0.3 is 0 Å². The summed E-state index contributed by atoms with van der Waals surface area (Å²) in [7, 11) is 1.48. The van der Waals surface area contributed by atoms with Crippen molar-refractivity contribution >= 4 is 11.6 Å². The summed E-state index contributed by atoms with van der Waals surface area (Å²) in [5, 5.41) is 18.3. The molecule has 0 spiro atoms. The lowest BCUT2D eigenvalue weighted by Crippen LogP contribution is -1.92. The molecule has 0 aliphatic carbocycles. The molecule has 0 saturated heterocycles. The van der Waals surface area contributed by atoms with Gasteiger partial charge in [0, 0.05) is 5.56 Å². The first-order valence-corrected chi connectivity index (χ1v) is 4.41. The van der Waals surface area contributed by atoms with Gasteiger partial charge in [-0.1, -0.05) is 11.6 Å². The Bertz CT molecular complexity index is 396. The molecular weight excluding hydrogens is 202 g/mol. The van der Waals surface area contributed by atoms with Crippen LogP contribution in [0.15, 0.2) is 6.07 Å². The molecule has 4 heteroatoms. The van der Waals surface area contributed by atoms with E-state index in [1.807, 2.05) is 13.0 Å². The van der Waals surface area contributed by atoms with E-state index in [4.69, 9.17) is 21.6 Å². The zero-order valence-electron chi connectivity index (χ0n) is 7.97. The molecule has 1 N–H and O–H groups in total. The van der Waals surface area contributed by atoms with Gasteiger partial charge in [0.25, 0.3) is 0 Å². The third kappa shape index (κ3) is 1.75. The third-order valence-electron chi connectivity index (χ3n) is 1.93. The van der Waals surface area contributed by atoms with Gasteiger partial charge in [0.05, 0.1) is 19.6 Å². The highest BCUT2D eigenvalue weighted by molar-refractivity contribution is 6.33. The minimum atomic E-state index is -0.0735. The summed E-state index contributed by atoms with van der Waals surface area (Å²) < 4.78 is 5.01. The Labute approximate surface area is 87.5 Å². The molecule has 1 rings (SSSR count). The average Bonchev–Trinajstić information content (AvgIpc) is 2.15. The molecule has 0 aliphatic rings. The highest BCUT2D eigenvalue weighted by atomic mass is 35.5. The molecule has 1 aromatic carbocycles. The van der Waals surface area contributed by atoms with Crippen LogP contribution in [0.25, 0.3) is 0 Å². The lowest BCUT2D eigenvalue weighted by Gasteiger charge is -2.10. The number of halogens is 1. The van der Waals surface area contributed by atoms with Crippen molar-refractivity contribution in [3.05, 3.63) is 22.2 Å². The van der Waals surface area contributed by atoms with E-state index in [2.05, 4.69) is 0 Å². The van der Waals surface area contributed by atoms with E-state index in [-0.39, 0.29) is 17.2 Å². The lowest BCUT2D eigenvalue weighted by atomic mass is 10.1. The van der Waals surface area contributed by atoms with Crippen LogP contribution in [0.4, 0.5) is 0 Å². The molecular formula is C10H10ClNO2. The summed E-state index contributed by atoms with van der Waals surface area (Å²) in [5.41, 5.74) is 1.33. The third-order valence-corrected chi connectivity index (χ3v) is 2.28. The number of phenolic OH excluding ortho intramolecular Hbond substituents is 1. The summed E-state index contributed by atoms with van der Waals surface area (Å²) in [4.78, 5) is 0. The van der Waals surface area contributed by atoms with Crippen molar-refractivity contribution in [2.24, 2.45) is 0 Å². The second-order valence-electron chi connectivity index (χ2n) is 2.88. The summed E-state index contributed by atoms with van der Waals surface area (Å²) in [6.45, 7) is 1.81. The maximum Gasteiger partial charge on any atom is 0.144 e. The van der Waals surface area contributed by atoms with Crippen molar-refractivity contribution < 1.29 is 9.84 Å². The van der Waals surface area contributed by atoms with Gasteiger partial charge in [0.15, 0.2) is 0 Å². The van der Waals surface area contributed by atoms with Gasteiger partial charge in [-0.15, -0.1) is 0 Å².